The fourth-order valence-electron chi connectivity index (χ4n) is 3.94. The van der Waals surface area contributed by atoms with Crippen LogP contribution in [0.25, 0.3) is 0 Å². The summed E-state index contributed by atoms with van der Waals surface area (Å²) in [6, 6.07) is 6.03. The Hall–Kier alpha value is -0.770. The van der Waals surface area contributed by atoms with Crippen LogP contribution in [-0.2, 0) is 0 Å². The second kappa shape index (κ2) is 6.27. The fraction of sp³-hybridized carbons (Fsp3) is 0.611. The molecular weight excluding hydrogens is 331 g/mol. The molecule has 1 N–H and O–H groups in total. The molecule has 1 aromatic rings. The van der Waals surface area contributed by atoms with Crippen LogP contribution in [-0.4, -0.2) is 36.0 Å². The molecule has 124 valence electrons. The first-order valence-corrected chi connectivity index (χ1v) is 9.40. The second-order valence-corrected chi connectivity index (χ2v) is 7.91. The Kier molecular flexibility index (Phi) is 4.29. The van der Waals surface area contributed by atoms with E-state index in [4.69, 9.17) is 23.2 Å². The highest BCUT2D eigenvalue weighted by Gasteiger charge is 2.48. The van der Waals surface area contributed by atoms with Crippen molar-refractivity contribution >= 4 is 29.1 Å². The molecule has 0 bridgehead atoms. The van der Waals surface area contributed by atoms with Gasteiger partial charge < -0.3 is 10.2 Å². The molecular formula is C18H22Cl2N2O. The number of rotatable bonds is 5. The summed E-state index contributed by atoms with van der Waals surface area (Å²) in [4.78, 5) is 15.5. The summed E-state index contributed by atoms with van der Waals surface area (Å²) >= 11 is 12.5. The zero-order chi connectivity index (χ0) is 16.0. The highest BCUT2D eigenvalue weighted by molar-refractivity contribution is 6.43. The summed E-state index contributed by atoms with van der Waals surface area (Å²) in [5.41, 5.74) is 0.553. The van der Waals surface area contributed by atoms with Crippen LogP contribution in [0.5, 0.6) is 0 Å². The van der Waals surface area contributed by atoms with Crippen LogP contribution in [0.15, 0.2) is 18.2 Å². The van der Waals surface area contributed by atoms with E-state index in [2.05, 4.69) is 10.2 Å². The molecule has 2 saturated carbocycles. The molecule has 0 aromatic heterocycles. The Bertz CT molecular complexity index is 595. The molecule has 0 unspecified atom stereocenters. The molecule has 3 nitrogen and oxygen atoms in total. The van der Waals surface area contributed by atoms with E-state index < -0.39 is 0 Å². The van der Waals surface area contributed by atoms with E-state index in [1.807, 2.05) is 12.1 Å². The SMILES string of the molecule is O=C(c1cccc(Cl)c1Cl)N(C(C1CC1)C1CC1)[C@H]1CCNC1. The lowest BCUT2D eigenvalue weighted by Gasteiger charge is -2.37. The molecule has 1 saturated heterocycles. The van der Waals surface area contributed by atoms with Crippen LogP contribution in [0.1, 0.15) is 42.5 Å². The van der Waals surface area contributed by atoms with Crippen LogP contribution in [0.4, 0.5) is 0 Å². The standard InChI is InChI=1S/C18H22Cl2N2O/c19-15-3-1-2-14(16(15)20)18(23)22(13-8-9-21-10-13)17(11-4-5-11)12-6-7-12/h1-3,11-13,17,21H,4-10H2/t13-/m0/s1. The average molecular weight is 353 g/mol. The van der Waals surface area contributed by atoms with Crippen molar-refractivity contribution in [2.45, 2.75) is 44.2 Å². The molecule has 1 atom stereocenters. The van der Waals surface area contributed by atoms with Gasteiger partial charge in [0.05, 0.1) is 15.6 Å². The predicted molar refractivity (Wildman–Crippen MR) is 93.1 cm³/mol. The van der Waals surface area contributed by atoms with E-state index in [1.54, 1.807) is 6.07 Å². The number of hydrogen-bond acceptors (Lipinski definition) is 2. The molecule has 1 amide bonds. The number of nitrogens with one attached hydrogen (secondary N) is 1. The van der Waals surface area contributed by atoms with E-state index in [9.17, 15) is 4.79 Å². The van der Waals surface area contributed by atoms with Gasteiger partial charge >= 0.3 is 0 Å². The zero-order valence-electron chi connectivity index (χ0n) is 13.1. The van der Waals surface area contributed by atoms with Gasteiger partial charge in [-0.25, -0.2) is 0 Å². The maximum atomic E-state index is 13.4. The van der Waals surface area contributed by atoms with Crippen molar-refractivity contribution in [2.75, 3.05) is 13.1 Å². The Labute approximate surface area is 147 Å². The highest BCUT2D eigenvalue weighted by atomic mass is 35.5. The van der Waals surface area contributed by atoms with Crippen LogP contribution in [0, 0.1) is 11.8 Å². The Morgan fingerprint density at radius 3 is 2.39 bits per heavy atom. The summed E-state index contributed by atoms with van der Waals surface area (Å²) in [5, 5.41) is 4.25. The number of hydrogen-bond donors (Lipinski definition) is 1. The van der Waals surface area contributed by atoms with Gasteiger partial charge in [-0.1, -0.05) is 29.3 Å². The summed E-state index contributed by atoms with van der Waals surface area (Å²) in [6.45, 7) is 1.87. The molecule has 23 heavy (non-hydrogen) atoms. The van der Waals surface area contributed by atoms with Crippen LogP contribution < -0.4 is 5.32 Å². The third kappa shape index (κ3) is 3.11. The summed E-state index contributed by atoms with van der Waals surface area (Å²) in [5.74, 6) is 1.44. The predicted octanol–water partition coefficient (Wildman–Crippen LogP) is 3.99. The minimum atomic E-state index is 0.0648. The van der Waals surface area contributed by atoms with Crippen molar-refractivity contribution in [3.8, 4) is 0 Å². The van der Waals surface area contributed by atoms with E-state index in [-0.39, 0.29) is 11.9 Å². The molecule has 1 aliphatic heterocycles. The molecule has 1 aromatic carbocycles. The summed E-state index contributed by atoms with van der Waals surface area (Å²) in [6.07, 6.45) is 6.06. The van der Waals surface area contributed by atoms with Gasteiger partial charge in [0, 0.05) is 18.6 Å². The number of nitrogens with zero attached hydrogens (tertiary/aromatic N) is 1. The van der Waals surface area contributed by atoms with Crippen molar-refractivity contribution in [3.63, 3.8) is 0 Å². The van der Waals surface area contributed by atoms with Crippen molar-refractivity contribution in [1.29, 1.82) is 0 Å². The molecule has 0 radical (unpaired) electrons. The molecule has 3 fully saturated rings. The Morgan fingerprint density at radius 1 is 1.13 bits per heavy atom. The lowest BCUT2D eigenvalue weighted by atomic mass is 10.00. The molecule has 2 aliphatic carbocycles. The first-order valence-electron chi connectivity index (χ1n) is 8.64. The fourth-order valence-corrected chi connectivity index (χ4v) is 4.33. The number of carbonyl (C=O) groups excluding carboxylic acids is 1. The average Bonchev–Trinajstić information content (AvgIpc) is 3.48. The molecule has 3 aliphatic rings. The van der Waals surface area contributed by atoms with Gasteiger partial charge in [-0.05, 0) is 62.6 Å². The van der Waals surface area contributed by atoms with Crippen LogP contribution >= 0.6 is 23.2 Å². The van der Waals surface area contributed by atoms with E-state index in [0.29, 0.717) is 33.5 Å². The first-order chi connectivity index (χ1) is 11.2. The van der Waals surface area contributed by atoms with E-state index in [0.717, 1.165) is 19.5 Å². The van der Waals surface area contributed by atoms with Crippen LogP contribution in [0.2, 0.25) is 10.0 Å². The third-order valence-electron chi connectivity index (χ3n) is 5.38. The van der Waals surface area contributed by atoms with Crippen molar-refractivity contribution in [2.24, 2.45) is 11.8 Å². The number of halogens is 2. The molecule has 5 heteroatoms. The van der Waals surface area contributed by atoms with Gasteiger partial charge in [0.25, 0.3) is 5.91 Å². The Balaban J connectivity index is 1.68. The third-order valence-corrected chi connectivity index (χ3v) is 6.19. The maximum absolute atomic E-state index is 13.4. The van der Waals surface area contributed by atoms with Gasteiger partial charge in [-0.15, -0.1) is 0 Å². The maximum Gasteiger partial charge on any atom is 0.255 e. The van der Waals surface area contributed by atoms with E-state index >= 15 is 0 Å². The van der Waals surface area contributed by atoms with Gasteiger partial charge in [0.1, 0.15) is 0 Å². The topological polar surface area (TPSA) is 32.3 Å². The number of benzene rings is 1. The van der Waals surface area contributed by atoms with Crippen molar-refractivity contribution in [1.82, 2.24) is 10.2 Å². The quantitative estimate of drug-likeness (QED) is 0.868. The summed E-state index contributed by atoms with van der Waals surface area (Å²) in [7, 11) is 0. The van der Waals surface area contributed by atoms with E-state index in [1.165, 1.54) is 25.7 Å². The van der Waals surface area contributed by atoms with Gasteiger partial charge in [-0.3, -0.25) is 4.79 Å². The molecule has 4 rings (SSSR count). The lowest BCUT2D eigenvalue weighted by molar-refractivity contribution is 0.0523. The zero-order valence-corrected chi connectivity index (χ0v) is 14.6. The van der Waals surface area contributed by atoms with Crippen molar-refractivity contribution in [3.05, 3.63) is 33.8 Å². The van der Waals surface area contributed by atoms with Crippen LogP contribution in [0.3, 0.4) is 0 Å². The summed E-state index contributed by atoms with van der Waals surface area (Å²) < 4.78 is 0. The monoisotopic (exact) mass is 352 g/mol. The lowest BCUT2D eigenvalue weighted by Crippen LogP contribution is -2.50. The van der Waals surface area contributed by atoms with Gasteiger partial charge in [-0.2, -0.15) is 0 Å². The number of carbonyl (C=O) groups is 1. The highest BCUT2D eigenvalue weighted by Crippen LogP contribution is 2.48. The smallest absolute Gasteiger partial charge is 0.255 e. The minimum Gasteiger partial charge on any atom is -0.331 e. The number of amides is 1. The molecule has 0 spiro atoms. The normalized spacial score (nSPS) is 24.2. The second-order valence-electron chi connectivity index (χ2n) is 7.13. The Morgan fingerprint density at radius 2 is 1.83 bits per heavy atom. The minimum absolute atomic E-state index is 0.0648. The molecule has 1 heterocycles. The van der Waals surface area contributed by atoms with Gasteiger partial charge in [0.2, 0.25) is 0 Å². The van der Waals surface area contributed by atoms with Crippen molar-refractivity contribution < 1.29 is 4.79 Å². The first kappa shape index (κ1) is 15.7. The largest absolute Gasteiger partial charge is 0.331 e. The van der Waals surface area contributed by atoms with Gasteiger partial charge in [0.15, 0.2) is 0 Å².